The number of rotatable bonds is 4. The van der Waals surface area contributed by atoms with E-state index in [1.165, 1.54) is 6.33 Å². The molecule has 6 heteroatoms. The number of anilines is 3. The fourth-order valence-electron chi connectivity index (χ4n) is 1.97. The fourth-order valence-corrected chi connectivity index (χ4v) is 2.15. The molecule has 0 aliphatic rings. The standard InChI is InChI=1S/C17H13ClN4O/c18-13-8-4-5-9-14(13)22-17(23)15-10-16(20-11-19-15)21-12-6-2-1-3-7-12/h1-11H,(H,22,23)(H,19,20,21). The smallest absolute Gasteiger partial charge is 0.274 e. The molecule has 0 unspecified atom stereocenters. The van der Waals surface area contributed by atoms with Crippen molar-refractivity contribution in [3.8, 4) is 0 Å². The van der Waals surface area contributed by atoms with Gasteiger partial charge in [-0.2, -0.15) is 0 Å². The topological polar surface area (TPSA) is 66.9 Å². The van der Waals surface area contributed by atoms with Gasteiger partial charge in [0.05, 0.1) is 10.7 Å². The monoisotopic (exact) mass is 324 g/mol. The molecule has 0 aliphatic carbocycles. The lowest BCUT2D eigenvalue weighted by molar-refractivity contribution is 0.102. The maximum atomic E-state index is 12.3. The van der Waals surface area contributed by atoms with Crippen LogP contribution in [0.25, 0.3) is 0 Å². The Morgan fingerprint density at radius 1 is 0.957 bits per heavy atom. The van der Waals surface area contributed by atoms with Crippen molar-refractivity contribution in [2.24, 2.45) is 0 Å². The number of hydrogen-bond acceptors (Lipinski definition) is 4. The summed E-state index contributed by atoms with van der Waals surface area (Å²) in [6.07, 6.45) is 1.34. The van der Waals surface area contributed by atoms with Crippen LogP contribution in [0.1, 0.15) is 10.5 Å². The molecule has 0 bridgehead atoms. The first-order valence-electron chi connectivity index (χ1n) is 6.92. The van der Waals surface area contributed by atoms with Crippen LogP contribution in [-0.2, 0) is 0 Å². The van der Waals surface area contributed by atoms with E-state index in [1.807, 2.05) is 30.3 Å². The Morgan fingerprint density at radius 3 is 2.48 bits per heavy atom. The molecule has 2 N–H and O–H groups in total. The zero-order valence-electron chi connectivity index (χ0n) is 12.0. The van der Waals surface area contributed by atoms with E-state index in [1.54, 1.807) is 30.3 Å². The Balaban J connectivity index is 1.77. The summed E-state index contributed by atoms with van der Waals surface area (Å²) >= 11 is 6.03. The lowest BCUT2D eigenvalue weighted by Gasteiger charge is -2.08. The number of nitrogens with zero attached hydrogens (tertiary/aromatic N) is 2. The average molecular weight is 325 g/mol. The van der Waals surface area contributed by atoms with Crippen LogP contribution >= 0.6 is 11.6 Å². The summed E-state index contributed by atoms with van der Waals surface area (Å²) < 4.78 is 0. The van der Waals surface area contributed by atoms with Crippen molar-refractivity contribution in [2.75, 3.05) is 10.6 Å². The molecule has 0 radical (unpaired) electrons. The Kier molecular flexibility index (Phi) is 4.49. The molecule has 1 aromatic heterocycles. The summed E-state index contributed by atoms with van der Waals surface area (Å²) in [5, 5.41) is 6.32. The van der Waals surface area contributed by atoms with Crippen LogP contribution in [-0.4, -0.2) is 15.9 Å². The minimum Gasteiger partial charge on any atom is -0.340 e. The Labute approximate surface area is 138 Å². The van der Waals surface area contributed by atoms with E-state index in [-0.39, 0.29) is 11.6 Å². The van der Waals surface area contributed by atoms with Gasteiger partial charge in [0.25, 0.3) is 5.91 Å². The average Bonchev–Trinajstić information content (AvgIpc) is 2.58. The van der Waals surface area contributed by atoms with Crippen molar-refractivity contribution in [3.63, 3.8) is 0 Å². The largest absolute Gasteiger partial charge is 0.340 e. The molecule has 2 aromatic carbocycles. The van der Waals surface area contributed by atoms with Crippen molar-refractivity contribution < 1.29 is 4.79 Å². The zero-order chi connectivity index (χ0) is 16.1. The minimum absolute atomic E-state index is 0.248. The number of hydrogen-bond donors (Lipinski definition) is 2. The van der Waals surface area contributed by atoms with E-state index in [4.69, 9.17) is 11.6 Å². The van der Waals surface area contributed by atoms with Crippen molar-refractivity contribution in [3.05, 3.63) is 77.7 Å². The van der Waals surface area contributed by atoms with E-state index in [0.29, 0.717) is 16.5 Å². The number of para-hydroxylation sites is 2. The first kappa shape index (κ1) is 15.0. The quantitative estimate of drug-likeness (QED) is 0.757. The molecular weight excluding hydrogens is 312 g/mol. The van der Waals surface area contributed by atoms with E-state index >= 15 is 0 Å². The molecule has 0 saturated heterocycles. The van der Waals surface area contributed by atoms with Crippen LogP contribution in [0.3, 0.4) is 0 Å². The molecule has 1 amide bonds. The molecular formula is C17H13ClN4O. The molecule has 3 rings (SSSR count). The fraction of sp³-hybridized carbons (Fsp3) is 0. The van der Waals surface area contributed by atoms with Gasteiger partial charge in [0.15, 0.2) is 0 Å². The second kappa shape index (κ2) is 6.89. The van der Waals surface area contributed by atoms with E-state index in [2.05, 4.69) is 20.6 Å². The maximum absolute atomic E-state index is 12.3. The van der Waals surface area contributed by atoms with E-state index in [9.17, 15) is 4.79 Å². The van der Waals surface area contributed by atoms with Crippen molar-refractivity contribution in [1.82, 2.24) is 9.97 Å². The Morgan fingerprint density at radius 2 is 1.70 bits per heavy atom. The van der Waals surface area contributed by atoms with E-state index < -0.39 is 0 Å². The summed E-state index contributed by atoms with van der Waals surface area (Å²) in [7, 11) is 0. The van der Waals surface area contributed by atoms with Crippen LogP contribution < -0.4 is 10.6 Å². The van der Waals surface area contributed by atoms with Crippen LogP contribution in [0.15, 0.2) is 67.0 Å². The van der Waals surface area contributed by atoms with Gasteiger partial charge in [-0.1, -0.05) is 41.9 Å². The predicted molar refractivity (Wildman–Crippen MR) is 91.2 cm³/mol. The maximum Gasteiger partial charge on any atom is 0.274 e. The molecule has 114 valence electrons. The summed E-state index contributed by atoms with van der Waals surface area (Å²) in [4.78, 5) is 20.4. The number of benzene rings is 2. The second-order valence-corrected chi connectivity index (χ2v) is 5.12. The Bertz CT molecular complexity index is 824. The second-order valence-electron chi connectivity index (χ2n) is 4.71. The van der Waals surface area contributed by atoms with Gasteiger partial charge in [-0.15, -0.1) is 0 Å². The summed E-state index contributed by atoms with van der Waals surface area (Å²) in [6.45, 7) is 0. The molecule has 1 heterocycles. The molecule has 0 fully saturated rings. The minimum atomic E-state index is -0.350. The van der Waals surface area contributed by atoms with Crippen molar-refractivity contribution in [2.45, 2.75) is 0 Å². The summed E-state index contributed by atoms with van der Waals surface area (Å²) in [5.74, 6) is 0.187. The van der Waals surface area contributed by atoms with Crippen molar-refractivity contribution >= 4 is 34.7 Å². The summed E-state index contributed by atoms with van der Waals surface area (Å²) in [6, 6.07) is 18.2. The molecule has 5 nitrogen and oxygen atoms in total. The van der Waals surface area contributed by atoms with Gasteiger partial charge in [-0.3, -0.25) is 4.79 Å². The third-order valence-electron chi connectivity index (χ3n) is 3.07. The Hall–Kier alpha value is -2.92. The lowest BCUT2D eigenvalue weighted by atomic mass is 10.3. The van der Waals surface area contributed by atoms with Gasteiger partial charge in [0.2, 0.25) is 0 Å². The van der Waals surface area contributed by atoms with Gasteiger partial charge in [0.1, 0.15) is 17.8 Å². The first-order chi connectivity index (χ1) is 11.2. The van der Waals surface area contributed by atoms with Gasteiger partial charge < -0.3 is 10.6 Å². The van der Waals surface area contributed by atoms with Gasteiger partial charge in [-0.25, -0.2) is 9.97 Å². The van der Waals surface area contributed by atoms with Gasteiger partial charge >= 0.3 is 0 Å². The molecule has 23 heavy (non-hydrogen) atoms. The third kappa shape index (κ3) is 3.84. The first-order valence-corrected chi connectivity index (χ1v) is 7.30. The highest BCUT2D eigenvalue weighted by Crippen LogP contribution is 2.21. The van der Waals surface area contributed by atoms with Crippen LogP contribution in [0.5, 0.6) is 0 Å². The molecule has 0 saturated carbocycles. The normalized spacial score (nSPS) is 10.1. The number of nitrogens with one attached hydrogen (secondary N) is 2. The van der Waals surface area contributed by atoms with E-state index in [0.717, 1.165) is 5.69 Å². The van der Waals surface area contributed by atoms with Crippen LogP contribution in [0.2, 0.25) is 5.02 Å². The lowest BCUT2D eigenvalue weighted by Crippen LogP contribution is -2.14. The number of halogens is 1. The highest BCUT2D eigenvalue weighted by Gasteiger charge is 2.11. The van der Waals surface area contributed by atoms with Gasteiger partial charge in [-0.05, 0) is 24.3 Å². The molecule has 0 spiro atoms. The van der Waals surface area contributed by atoms with Crippen LogP contribution in [0, 0.1) is 0 Å². The zero-order valence-corrected chi connectivity index (χ0v) is 12.8. The highest BCUT2D eigenvalue weighted by atomic mass is 35.5. The molecule has 3 aromatic rings. The number of carbonyl (C=O) groups excluding carboxylic acids is 1. The SMILES string of the molecule is O=C(Nc1ccccc1Cl)c1cc(Nc2ccccc2)ncn1. The highest BCUT2D eigenvalue weighted by molar-refractivity contribution is 6.33. The number of amides is 1. The predicted octanol–water partition coefficient (Wildman–Crippen LogP) is 4.13. The number of aromatic nitrogens is 2. The van der Waals surface area contributed by atoms with Crippen molar-refractivity contribution in [1.29, 1.82) is 0 Å². The number of carbonyl (C=O) groups is 1. The molecule has 0 atom stereocenters. The van der Waals surface area contributed by atoms with Crippen LogP contribution in [0.4, 0.5) is 17.2 Å². The summed E-state index contributed by atoms with van der Waals surface area (Å²) in [5.41, 5.74) is 1.66. The third-order valence-corrected chi connectivity index (χ3v) is 3.40. The molecule has 0 aliphatic heterocycles. The van der Waals surface area contributed by atoms with Gasteiger partial charge in [0, 0.05) is 11.8 Å².